The number of hydrogen-bond acceptors (Lipinski definition) is 9. The summed E-state index contributed by atoms with van der Waals surface area (Å²) in [4.78, 5) is 55.9. The highest BCUT2D eigenvalue weighted by Crippen LogP contribution is 2.42. The second-order valence-electron chi connectivity index (χ2n) is 15.3. The number of sulfonamides is 1. The number of nitrogens with one attached hydrogen (secondary N) is 1. The molecule has 51 heavy (non-hydrogen) atoms. The van der Waals surface area contributed by atoms with Gasteiger partial charge in [0.1, 0.15) is 11.6 Å². The maximum atomic E-state index is 14.6. The first-order chi connectivity index (χ1) is 23.7. The van der Waals surface area contributed by atoms with Crippen LogP contribution in [-0.2, 0) is 38.7 Å². The van der Waals surface area contributed by atoms with Crippen molar-refractivity contribution < 1.29 is 37.1 Å². The predicted molar refractivity (Wildman–Crippen MR) is 196 cm³/mol. The second kappa shape index (κ2) is 16.0. The molecule has 2 aromatic rings. The summed E-state index contributed by atoms with van der Waals surface area (Å²) in [5.41, 5.74) is -0.178. The van der Waals surface area contributed by atoms with Crippen LogP contribution in [0.25, 0.3) is 0 Å². The van der Waals surface area contributed by atoms with Crippen LogP contribution in [-0.4, -0.2) is 87.0 Å². The number of aryl methyl sites for hydroxylation is 2. The minimum absolute atomic E-state index is 0.0539. The maximum absolute atomic E-state index is 14.6. The van der Waals surface area contributed by atoms with Gasteiger partial charge in [0, 0.05) is 11.6 Å². The predicted octanol–water partition coefficient (Wildman–Crippen LogP) is 5.16. The van der Waals surface area contributed by atoms with Crippen LogP contribution in [0.4, 0.5) is 11.4 Å². The monoisotopic (exact) mass is 746 g/mol. The number of carbonyl (C=O) groups excluding carboxylic acids is 4. The van der Waals surface area contributed by atoms with Crippen molar-refractivity contribution in [2.24, 2.45) is 5.92 Å². The zero-order valence-electron chi connectivity index (χ0n) is 30.8. The standard InChI is InChI=1S/C37H51ClN4O8S/c1-24-20-31(25(2)19-27(24)38)51(47,48)42-29-12-10-9-11-28(29)41(33(23-43)49-36(3,4)5)35(46)30(42)21-32(44)39-16-13-26-14-17-40(18-15-26)22-34(45)50-37(6,7)8/h9-12,19-20,23,26,30,33H,13-18,21-22H2,1-8H3,(H,39,44). The third-order valence-electron chi connectivity index (χ3n) is 8.76. The quantitative estimate of drug-likeness (QED) is 0.230. The normalized spacial score (nSPS) is 18.3. The molecule has 0 spiro atoms. The van der Waals surface area contributed by atoms with Crippen LogP contribution in [0.5, 0.6) is 0 Å². The van der Waals surface area contributed by atoms with Crippen molar-refractivity contribution in [1.82, 2.24) is 10.2 Å². The number of benzene rings is 2. The first-order valence-corrected chi connectivity index (χ1v) is 19.1. The number of piperidine rings is 1. The molecular formula is C37H51ClN4O8S. The summed E-state index contributed by atoms with van der Waals surface area (Å²) in [6.45, 7) is 16.1. The lowest BCUT2D eigenvalue weighted by Crippen LogP contribution is -2.60. The number of anilines is 2. The summed E-state index contributed by atoms with van der Waals surface area (Å²) in [6, 6.07) is 7.84. The number of aldehydes is 1. The number of amides is 2. The minimum atomic E-state index is -4.45. The van der Waals surface area contributed by atoms with Crippen LogP contribution in [0.15, 0.2) is 41.3 Å². The largest absolute Gasteiger partial charge is 0.459 e. The zero-order chi connectivity index (χ0) is 37.9. The smallest absolute Gasteiger partial charge is 0.320 e. The number of carbonyl (C=O) groups is 4. The van der Waals surface area contributed by atoms with Crippen molar-refractivity contribution in [2.75, 3.05) is 35.4 Å². The van der Waals surface area contributed by atoms with E-state index in [2.05, 4.69) is 10.2 Å². The fourth-order valence-corrected chi connectivity index (χ4v) is 8.56. The Kier molecular flexibility index (Phi) is 12.6. The molecule has 2 unspecified atom stereocenters. The van der Waals surface area contributed by atoms with Gasteiger partial charge >= 0.3 is 5.97 Å². The van der Waals surface area contributed by atoms with Crippen molar-refractivity contribution in [2.45, 2.75) is 109 Å². The molecule has 2 aromatic carbocycles. The highest BCUT2D eigenvalue weighted by atomic mass is 35.5. The summed E-state index contributed by atoms with van der Waals surface area (Å²) in [5, 5.41) is 3.28. The van der Waals surface area contributed by atoms with Crippen molar-refractivity contribution in [1.29, 1.82) is 0 Å². The Morgan fingerprint density at radius 1 is 1.00 bits per heavy atom. The average Bonchev–Trinajstić information content (AvgIpc) is 3.01. The van der Waals surface area contributed by atoms with Crippen LogP contribution in [0.3, 0.4) is 0 Å². The fraction of sp³-hybridized carbons (Fsp3) is 0.568. The number of ether oxygens (including phenoxy) is 2. The molecule has 2 aliphatic rings. The molecule has 2 amide bonds. The molecular weight excluding hydrogens is 696 g/mol. The molecule has 14 heteroatoms. The van der Waals surface area contributed by atoms with E-state index >= 15 is 0 Å². The molecule has 0 saturated carbocycles. The Labute approximate surface area is 306 Å². The molecule has 280 valence electrons. The lowest BCUT2D eigenvalue weighted by molar-refractivity contribution is -0.156. The van der Waals surface area contributed by atoms with Crippen LogP contribution in [0.2, 0.25) is 5.02 Å². The fourth-order valence-electron chi connectivity index (χ4n) is 6.43. The summed E-state index contributed by atoms with van der Waals surface area (Å²) in [6.07, 6.45) is 0.986. The van der Waals surface area contributed by atoms with Crippen LogP contribution in [0.1, 0.15) is 78.4 Å². The first kappa shape index (κ1) is 40.3. The Morgan fingerprint density at radius 3 is 2.22 bits per heavy atom. The van der Waals surface area contributed by atoms with E-state index in [0.29, 0.717) is 41.3 Å². The molecule has 1 N–H and O–H groups in total. The van der Waals surface area contributed by atoms with E-state index in [-0.39, 0.29) is 28.8 Å². The van der Waals surface area contributed by atoms with E-state index in [1.54, 1.807) is 65.0 Å². The maximum Gasteiger partial charge on any atom is 0.320 e. The van der Waals surface area contributed by atoms with Crippen molar-refractivity contribution in [3.05, 3.63) is 52.5 Å². The van der Waals surface area contributed by atoms with Crippen LogP contribution >= 0.6 is 11.6 Å². The number of rotatable bonds is 12. The molecule has 1 fully saturated rings. The molecule has 2 aliphatic heterocycles. The highest BCUT2D eigenvalue weighted by molar-refractivity contribution is 7.93. The van der Waals surface area contributed by atoms with E-state index in [0.717, 1.165) is 35.1 Å². The van der Waals surface area contributed by atoms with Gasteiger partial charge in [-0.1, -0.05) is 23.7 Å². The number of likely N-dealkylation sites (tertiary alicyclic amines) is 1. The number of esters is 1. The molecule has 4 rings (SSSR count). The summed E-state index contributed by atoms with van der Waals surface area (Å²) in [7, 11) is -4.45. The highest BCUT2D eigenvalue weighted by Gasteiger charge is 2.48. The number of nitrogens with zero attached hydrogens (tertiary/aromatic N) is 3. The molecule has 0 aromatic heterocycles. The van der Waals surface area contributed by atoms with E-state index in [9.17, 15) is 27.6 Å². The Balaban J connectivity index is 1.56. The SMILES string of the molecule is Cc1cc(S(=O)(=O)N2c3ccccc3N(C(C=O)OC(C)(C)C)C(=O)C2CC(=O)NCCC2CCN(CC(=O)OC(C)(C)C)CC2)c(C)cc1Cl. The molecule has 0 radical (unpaired) electrons. The van der Waals surface area contributed by atoms with Crippen molar-refractivity contribution >= 4 is 57.1 Å². The van der Waals surface area contributed by atoms with E-state index < -0.39 is 51.7 Å². The average molecular weight is 747 g/mol. The van der Waals surface area contributed by atoms with Gasteiger partial charge in [-0.15, -0.1) is 0 Å². The first-order valence-electron chi connectivity index (χ1n) is 17.3. The van der Waals surface area contributed by atoms with Gasteiger partial charge in [0.05, 0.1) is 34.8 Å². The Morgan fingerprint density at radius 2 is 1.63 bits per heavy atom. The number of fused-ring (bicyclic) bond motifs is 1. The van der Waals surface area contributed by atoms with Gasteiger partial charge in [0.25, 0.3) is 15.9 Å². The second-order valence-corrected chi connectivity index (χ2v) is 17.5. The number of para-hydroxylation sites is 2. The molecule has 0 bridgehead atoms. The molecule has 0 aliphatic carbocycles. The minimum Gasteiger partial charge on any atom is -0.459 e. The Hall–Kier alpha value is -3.52. The van der Waals surface area contributed by atoms with E-state index in [4.69, 9.17) is 21.1 Å². The van der Waals surface area contributed by atoms with Gasteiger partial charge in [-0.05, 0) is 129 Å². The Bertz CT molecular complexity index is 1730. The van der Waals surface area contributed by atoms with E-state index in [1.807, 2.05) is 20.8 Å². The van der Waals surface area contributed by atoms with E-state index in [1.165, 1.54) is 6.07 Å². The third-order valence-corrected chi connectivity index (χ3v) is 11.1. The molecule has 1 saturated heterocycles. The number of hydrogen-bond donors (Lipinski definition) is 1. The van der Waals surface area contributed by atoms with Gasteiger partial charge in [0.2, 0.25) is 5.91 Å². The van der Waals surface area contributed by atoms with Gasteiger partial charge in [-0.2, -0.15) is 0 Å². The molecule has 2 heterocycles. The lowest BCUT2D eigenvalue weighted by atomic mass is 9.93. The molecule has 2 atom stereocenters. The van der Waals surface area contributed by atoms with Gasteiger partial charge in [0.15, 0.2) is 12.5 Å². The topological polar surface area (TPSA) is 143 Å². The lowest BCUT2D eigenvalue weighted by Gasteiger charge is -2.44. The zero-order valence-corrected chi connectivity index (χ0v) is 32.4. The van der Waals surface area contributed by atoms with Crippen LogP contribution < -0.4 is 14.5 Å². The molecule has 12 nitrogen and oxygen atoms in total. The summed E-state index contributed by atoms with van der Waals surface area (Å²) in [5.74, 6) is -1.23. The summed E-state index contributed by atoms with van der Waals surface area (Å²) < 4.78 is 41.6. The van der Waals surface area contributed by atoms with Gasteiger partial charge in [-0.3, -0.25) is 33.3 Å². The van der Waals surface area contributed by atoms with Crippen molar-refractivity contribution in [3.8, 4) is 0 Å². The van der Waals surface area contributed by atoms with Crippen LogP contribution in [0, 0.1) is 19.8 Å². The van der Waals surface area contributed by atoms with Gasteiger partial charge < -0.3 is 14.8 Å². The third kappa shape index (κ3) is 10.1. The van der Waals surface area contributed by atoms with Gasteiger partial charge in [-0.25, -0.2) is 8.42 Å². The van der Waals surface area contributed by atoms with Crippen molar-refractivity contribution in [3.63, 3.8) is 0 Å². The summed E-state index contributed by atoms with van der Waals surface area (Å²) >= 11 is 6.31. The number of halogens is 1.